The predicted molar refractivity (Wildman–Crippen MR) is 85.0 cm³/mol. The van der Waals surface area contributed by atoms with Gasteiger partial charge in [-0.05, 0) is 67.6 Å². The fraction of sp³-hybridized carbons (Fsp3) is 0.625. The number of hydrogen-bond donors (Lipinski definition) is 1. The van der Waals surface area contributed by atoms with Gasteiger partial charge in [0.15, 0.2) is 0 Å². The van der Waals surface area contributed by atoms with Crippen LogP contribution in [0.4, 0.5) is 0 Å². The lowest BCUT2D eigenvalue weighted by Gasteiger charge is -2.14. The Labute approximate surface area is 126 Å². The molecule has 0 spiro atoms. The molecule has 0 fully saturated rings. The Bertz CT molecular complexity index is 339. The lowest BCUT2D eigenvalue weighted by Crippen LogP contribution is -3.11. The van der Waals surface area contributed by atoms with Crippen LogP contribution in [-0.2, 0) is 0 Å². The molecule has 0 aromatic heterocycles. The molecule has 0 aliphatic rings. The summed E-state index contributed by atoms with van der Waals surface area (Å²) in [6.45, 7) is 9.18. The molecule has 19 heavy (non-hydrogen) atoms. The summed E-state index contributed by atoms with van der Waals surface area (Å²) in [5.41, 5.74) is 0. The van der Waals surface area contributed by atoms with E-state index in [1.807, 2.05) is 24.3 Å². The van der Waals surface area contributed by atoms with E-state index in [-0.39, 0.29) is 0 Å². The standard InChI is InChI=1S/C16H26BrNO/c1-3-18(4-2)13-9-5-6-10-14-19-16-12-8-7-11-15(16)17/h7-8,11-12H,3-6,9-10,13-14H2,1-2H3/p+1. The Morgan fingerprint density at radius 2 is 1.68 bits per heavy atom. The Hall–Kier alpha value is -0.540. The van der Waals surface area contributed by atoms with E-state index >= 15 is 0 Å². The van der Waals surface area contributed by atoms with E-state index in [1.165, 1.54) is 38.9 Å². The molecule has 1 aromatic rings. The van der Waals surface area contributed by atoms with Crippen LogP contribution in [0.25, 0.3) is 0 Å². The largest absolute Gasteiger partial charge is 0.492 e. The van der Waals surface area contributed by atoms with Gasteiger partial charge in [-0.2, -0.15) is 0 Å². The zero-order valence-corrected chi connectivity index (χ0v) is 13.8. The fourth-order valence-electron chi connectivity index (χ4n) is 2.18. The number of nitrogens with one attached hydrogen (secondary N) is 1. The second-order valence-corrected chi connectivity index (χ2v) is 5.75. The first-order valence-corrected chi connectivity index (χ1v) is 8.28. The molecule has 0 heterocycles. The van der Waals surface area contributed by atoms with Gasteiger partial charge in [0.2, 0.25) is 0 Å². The topological polar surface area (TPSA) is 13.7 Å². The van der Waals surface area contributed by atoms with Gasteiger partial charge in [-0.3, -0.25) is 0 Å². The third kappa shape index (κ3) is 6.98. The van der Waals surface area contributed by atoms with Gasteiger partial charge in [0, 0.05) is 0 Å². The van der Waals surface area contributed by atoms with Crippen LogP contribution in [-0.4, -0.2) is 26.2 Å². The van der Waals surface area contributed by atoms with Gasteiger partial charge < -0.3 is 9.64 Å². The van der Waals surface area contributed by atoms with Crippen molar-refractivity contribution in [3.63, 3.8) is 0 Å². The quantitative estimate of drug-likeness (QED) is 0.650. The molecule has 1 N–H and O–H groups in total. The Kier molecular flexibility index (Phi) is 8.93. The summed E-state index contributed by atoms with van der Waals surface area (Å²) in [4.78, 5) is 1.71. The third-order valence-electron chi connectivity index (χ3n) is 3.52. The summed E-state index contributed by atoms with van der Waals surface area (Å²) in [5, 5.41) is 0. The van der Waals surface area contributed by atoms with E-state index in [2.05, 4.69) is 29.8 Å². The number of quaternary nitrogens is 1. The van der Waals surface area contributed by atoms with Gasteiger partial charge in [0.1, 0.15) is 5.75 Å². The van der Waals surface area contributed by atoms with Crippen LogP contribution in [0.2, 0.25) is 0 Å². The van der Waals surface area contributed by atoms with Crippen molar-refractivity contribution < 1.29 is 9.64 Å². The minimum Gasteiger partial charge on any atom is -0.492 e. The maximum atomic E-state index is 5.75. The van der Waals surface area contributed by atoms with Crippen molar-refractivity contribution in [1.29, 1.82) is 0 Å². The first-order valence-electron chi connectivity index (χ1n) is 7.48. The summed E-state index contributed by atoms with van der Waals surface area (Å²) in [6, 6.07) is 8.04. The molecule has 0 saturated carbocycles. The molecule has 0 saturated heterocycles. The second-order valence-electron chi connectivity index (χ2n) is 4.90. The van der Waals surface area contributed by atoms with Gasteiger partial charge >= 0.3 is 0 Å². The van der Waals surface area contributed by atoms with Crippen LogP contribution >= 0.6 is 15.9 Å². The first kappa shape index (κ1) is 16.5. The molecule has 0 amide bonds. The zero-order valence-electron chi connectivity index (χ0n) is 12.3. The highest BCUT2D eigenvalue weighted by Gasteiger charge is 2.02. The number of unbranched alkanes of at least 4 members (excludes halogenated alkanes) is 3. The Morgan fingerprint density at radius 1 is 1.00 bits per heavy atom. The van der Waals surface area contributed by atoms with Crippen LogP contribution in [0.3, 0.4) is 0 Å². The zero-order chi connectivity index (χ0) is 13.9. The van der Waals surface area contributed by atoms with Crippen LogP contribution in [0.1, 0.15) is 39.5 Å². The van der Waals surface area contributed by atoms with Crippen molar-refractivity contribution in [3.8, 4) is 5.75 Å². The average Bonchev–Trinajstić information content (AvgIpc) is 2.44. The maximum absolute atomic E-state index is 5.75. The summed E-state index contributed by atoms with van der Waals surface area (Å²) < 4.78 is 6.80. The van der Waals surface area contributed by atoms with E-state index in [1.54, 1.807) is 4.90 Å². The fourth-order valence-corrected chi connectivity index (χ4v) is 2.58. The SMILES string of the molecule is CC[NH+](CC)CCCCCCOc1ccccc1Br. The summed E-state index contributed by atoms with van der Waals surface area (Å²) in [5.74, 6) is 0.954. The first-order chi connectivity index (χ1) is 9.27. The number of para-hydroxylation sites is 1. The molecule has 2 nitrogen and oxygen atoms in total. The van der Waals surface area contributed by atoms with E-state index in [9.17, 15) is 0 Å². The predicted octanol–water partition coefficient (Wildman–Crippen LogP) is 3.31. The van der Waals surface area contributed by atoms with Crippen LogP contribution in [0, 0.1) is 0 Å². The van der Waals surface area contributed by atoms with Crippen LogP contribution in [0.5, 0.6) is 5.75 Å². The minimum atomic E-state index is 0.820. The van der Waals surface area contributed by atoms with Crippen molar-refractivity contribution >= 4 is 15.9 Å². The summed E-state index contributed by atoms with van der Waals surface area (Å²) in [6.07, 6.45) is 5.08. The van der Waals surface area contributed by atoms with Crippen molar-refractivity contribution in [1.82, 2.24) is 0 Å². The highest BCUT2D eigenvalue weighted by Crippen LogP contribution is 2.23. The molecular weight excluding hydrogens is 302 g/mol. The van der Waals surface area contributed by atoms with Crippen molar-refractivity contribution in [2.75, 3.05) is 26.2 Å². The monoisotopic (exact) mass is 328 g/mol. The smallest absolute Gasteiger partial charge is 0.133 e. The van der Waals surface area contributed by atoms with E-state index in [4.69, 9.17) is 4.74 Å². The number of rotatable bonds is 10. The molecule has 0 unspecified atom stereocenters. The molecule has 0 atom stereocenters. The van der Waals surface area contributed by atoms with Gasteiger partial charge in [0.05, 0.1) is 30.7 Å². The van der Waals surface area contributed by atoms with Gasteiger partial charge in [0.25, 0.3) is 0 Å². The molecule has 1 aromatic carbocycles. The van der Waals surface area contributed by atoms with E-state index < -0.39 is 0 Å². The second kappa shape index (κ2) is 10.3. The van der Waals surface area contributed by atoms with Crippen molar-refractivity contribution in [3.05, 3.63) is 28.7 Å². The Balaban J connectivity index is 2.01. The lowest BCUT2D eigenvalue weighted by atomic mass is 10.2. The number of halogens is 1. The number of benzene rings is 1. The Morgan fingerprint density at radius 3 is 2.37 bits per heavy atom. The van der Waals surface area contributed by atoms with Gasteiger partial charge in [-0.25, -0.2) is 0 Å². The third-order valence-corrected chi connectivity index (χ3v) is 4.17. The van der Waals surface area contributed by atoms with E-state index in [0.717, 1.165) is 23.2 Å². The minimum absolute atomic E-state index is 0.820. The summed E-state index contributed by atoms with van der Waals surface area (Å²) in [7, 11) is 0. The molecular formula is C16H27BrNO+. The molecule has 0 radical (unpaired) electrons. The molecule has 1 rings (SSSR count). The number of ether oxygens (including phenoxy) is 1. The molecule has 0 bridgehead atoms. The molecule has 0 aliphatic carbocycles. The van der Waals surface area contributed by atoms with Crippen molar-refractivity contribution in [2.45, 2.75) is 39.5 Å². The van der Waals surface area contributed by atoms with Gasteiger partial charge in [-0.1, -0.05) is 12.1 Å². The lowest BCUT2D eigenvalue weighted by molar-refractivity contribution is -0.896. The van der Waals surface area contributed by atoms with E-state index in [0.29, 0.717) is 0 Å². The summed E-state index contributed by atoms with van der Waals surface area (Å²) >= 11 is 3.49. The molecule has 108 valence electrons. The van der Waals surface area contributed by atoms with Crippen LogP contribution in [0.15, 0.2) is 28.7 Å². The molecule has 0 aliphatic heterocycles. The highest BCUT2D eigenvalue weighted by atomic mass is 79.9. The normalized spacial score (nSPS) is 10.9. The number of hydrogen-bond acceptors (Lipinski definition) is 1. The average molecular weight is 329 g/mol. The van der Waals surface area contributed by atoms with Gasteiger partial charge in [-0.15, -0.1) is 0 Å². The van der Waals surface area contributed by atoms with Crippen LogP contribution < -0.4 is 9.64 Å². The molecule has 3 heteroatoms. The highest BCUT2D eigenvalue weighted by molar-refractivity contribution is 9.10. The maximum Gasteiger partial charge on any atom is 0.133 e. The van der Waals surface area contributed by atoms with Crippen molar-refractivity contribution in [2.24, 2.45) is 0 Å².